The number of phenols is 1. The van der Waals surface area contributed by atoms with Crippen LogP contribution < -0.4 is 16.6 Å². The molecular formula is C17H15ClN4O4S2. The minimum atomic E-state index is -0.643. The van der Waals surface area contributed by atoms with Gasteiger partial charge in [-0.15, -0.1) is 11.3 Å². The first-order valence-corrected chi connectivity index (χ1v) is 10.0. The maximum absolute atomic E-state index is 12.4. The molecule has 0 bridgehead atoms. The molecule has 0 saturated heterocycles. The average molecular weight is 439 g/mol. The maximum Gasteiger partial charge on any atom is 0.260 e. The van der Waals surface area contributed by atoms with Gasteiger partial charge in [-0.2, -0.15) is 0 Å². The number of benzene rings is 1. The fourth-order valence-electron chi connectivity index (χ4n) is 2.48. The summed E-state index contributed by atoms with van der Waals surface area (Å²) in [4.78, 5) is 43.9. The summed E-state index contributed by atoms with van der Waals surface area (Å²) < 4.78 is 0. The number of hydrogen-bond donors (Lipinski definition) is 4. The number of halogens is 1. The van der Waals surface area contributed by atoms with Crippen molar-refractivity contribution in [1.29, 1.82) is 0 Å². The highest BCUT2D eigenvalue weighted by Crippen LogP contribution is 2.30. The molecule has 3 aromatic rings. The van der Waals surface area contributed by atoms with Crippen LogP contribution in [0.1, 0.15) is 22.2 Å². The van der Waals surface area contributed by atoms with Crippen molar-refractivity contribution in [3.63, 3.8) is 0 Å². The lowest BCUT2D eigenvalue weighted by Gasteiger charge is -2.12. The van der Waals surface area contributed by atoms with Gasteiger partial charge in [-0.25, -0.2) is 4.98 Å². The molecule has 3 rings (SSSR count). The zero-order chi connectivity index (χ0) is 20.6. The van der Waals surface area contributed by atoms with E-state index in [9.17, 15) is 19.5 Å². The topological polar surface area (TPSA) is 138 Å². The van der Waals surface area contributed by atoms with Crippen molar-refractivity contribution in [3.8, 4) is 5.75 Å². The molecule has 0 radical (unpaired) electrons. The Morgan fingerprint density at radius 2 is 2.14 bits per heavy atom. The summed E-state index contributed by atoms with van der Waals surface area (Å²) in [5.74, 6) is -1.15. The summed E-state index contributed by atoms with van der Waals surface area (Å²) in [6, 6.07) is 4.30. The Balaban J connectivity index is 1.83. The zero-order valence-electron chi connectivity index (χ0n) is 14.7. The van der Waals surface area contributed by atoms with Gasteiger partial charge in [0, 0.05) is 5.02 Å². The van der Waals surface area contributed by atoms with E-state index in [0.717, 1.165) is 23.1 Å². The third-order valence-corrected chi connectivity index (χ3v) is 6.30. The van der Waals surface area contributed by atoms with E-state index in [1.165, 1.54) is 18.2 Å². The van der Waals surface area contributed by atoms with Crippen molar-refractivity contribution in [1.82, 2.24) is 9.97 Å². The number of carbonyl (C=O) groups is 2. The Bertz CT molecular complexity index is 1160. The molecule has 1 atom stereocenters. The molecule has 0 saturated carbocycles. The van der Waals surface area contributed by atoms with E-state index in [0.29, 0.717) is 20.8 Å². The minimum Gasteiger partial charge on any atom is -0.506 e. The number of amides is 2. The monoisotopic (exact) mass is 438 g/mol. The van der Waals surface area contributed by atoms with Gasteiger partial charge in [-0.05, 0) is 37.6 Å². The van der Waals surface area contributed by atoms with Crippen LogP contribution in [0.3, 0.4) is 0 Å². The van der Waals surface area contributed by atoms with Crippen molar-refractivity contribution in [2.75, 3.05) is 5.32 Å². The number of anilines is 1. The van der Waals surface area contributed by atoms with Crippen LogP contribution in [0.4, 0.5) is 5.69 Å². The molecule has 2 amide bonds. The molecule has 0 aliphatic rings. The number of aryl methyl sites for hydroxylation is 1. The number of primary amides is 1. The summed E-state index contributed by atoms with van der Waals surface area (Å²) in [5, 5.41) is 12.6. The Morgan fingerprint density at radius 3 is 2.82 bits per heavy atom. The standard InChI is InChI=1S/C17H15ClN4O4S2/c1-6-11-15(26)21-17(22-16(11)28-12(6)13(19)24)27-7(2)14(25)20-9-5-8(18)3-4-10(9)23/h3-5,7,23H,1-2H3,(H2,19,24)(H,20,25)(H,21,22,26). The smallest absolute Gasteiger partial charge is 0.260 e. The molecular weight excluding hydrogens is 424 g/mol. The van der Waals surface area contributed by atoms with Crippen molar-refractivity contribution in [2.45, 2.75) is 24.3 Å². The predicted octanol–water partition coefficient (Wildman–Crippen LogP) is 2.87. The first-order chi connectivity index (χ1) is 13.2. The van der Waals surface area contributed by atoms with Gasteiger partial charge < -0.3 is 21.1 Å². The summed E-state index contributed by atoms with van der Waals surface area (Å²) >= 11 is 7.94. The van der Waals surface area contributed by atoms with Crippen LogP contribution in [0, 0.1) is 6.92 Å². The molecule has 11 heteroatoms. The van der Waals surface area contributed by atoms with Gasteiger partial charge in [0.2, 0.25) is 5.91 Å². The number of nitrogens with zero attached hydrogens (tertiary/aromatic N) is 1. The predicted molar refractivity (Wildman–Crippen MR) is 111 cm³/mol. The summed E-state index contributed by atoms with van der Waals surface area (Å²) in [7, 11) is 0. The molecule has 0 fully saturated rings. The van der Waals surface area contributed by atoms with Gasteiger partial charge in [-0.1, -0.05) is 23.4 Å². The molecule has 8 nitrogen and oxygen atoms in total. The highest BCUT2D eigenvalue weighted by Gasteiger charge is 2.21. The van der Waals surface area contributed by atoms with E-state index < -0.39 is 22.6 Å². The largest absolute Gasteiger partial charge is 0.506 e. The first-order valence-electron chi connectivity index (χ1n) is 7.96. The second-order valence-corrected chi connectivity index (χ2v) is 8.65. The summed E-state index contributed by atoms with van der Waals surface area (Å²) in [6.45, 7) is 3.26. The number of nitrogens with two attached hydrogens (primary N) is 1. The molecule has 0 aliphatic heterocycles. The highest BCUT2D eigenvalue weighted by molar-refractivity contribution is 8.00. The lowest BCUT2D eigenvalue weighted by molar-refractivity contribution is -0.115. The van der Waals surface area contributed by atoms with E-state index in [2.05, 4.69) is 15.3 Å². The number of hydrogen-bond acceptors (Lipinski definition) is 7. The quantitative estimate of drug-likeness (QED) is 0.274. The van der Waals surface area contributed by atoms with Crippen LogP contribution in [-0.4, -0.2) is 32.1 Å². The molecule has 28 heavy (non-hydrogen) atoms. The fourth-order valence-corrected chi connectivity index (χ4v) is 4.54. The molecule has 0 spiro atoms. The summed E-state index contributed by atoms with van der Waals surface area (Å²) in [6.07, 6.45) is 0. The normalized spacial score (nSPS) is 12.1. The molecule has 5 N–H and O–H groups in total. The van der Waals surface area contributed by atoms with Gasteiger partial charge in [0.15, 0.2) is 5.16 Å². The maximum atomic E-state index is 12.4. The Kier molecular flexibility index (Phi) is 5.64. The number of carbonyl (C=O) groups excluding carboxylic acids is 2. The summed E-state index contributed by atoms with van der Waals surface area (Å²) in [5.41, 5.74) is 5.59. The first kappa shape index (κ1) is 20.2. The third-order valence-electron chi connectivity index (χ3n) is 3.88. The van der Waals surface area contributed by atoms with Crippen LogP contribution in [-0.2, 0) is 4.79 Å². The molecule has 146 valence electrons. The number of aromatic nitrogens is 2. The van der Waals surface area contributed by atoms with Crippen LogP contribution in [0.15, 0.2) is 28.2 Å². The third kappa shape index (κ3) is 3.98. The van der Waals surface area contributed by atoms with Crippen LogP contribution >= 0.6 is 34.7 Å². The number of fused-ring (bicyclic) bond motifs is 1. The number of aromatic amines is 1. The van der Waals surface area contributed by atoms with Crippen molar-refractivity contribution >= 4 is 62.4 Å². The fraction of sp³-hybridized carbons (Fsp3) is 0.176. The van der Waals surface area contributed by atoms with E-state index in [1.807, 2.05) is 0 Å². The second-order valence-electron chi connectivity index (χ2n) is 5.88. The Labute approximate surface area is 172 Å². The minimum absolute atomic E-state index is 0.115. The van der Waals surface area contributed by atoms with Gasteiger partial charge in [-0.3, -0.25) is 14.4 Å². The Hall–Kier alpha value is -2.56. The lowest BCUT2D eigenvalue weighted by atomic mass is 10.2. The molecule has 0 aliphatic carbocycles. The van der Waals surface area contributed by atoms with Gasteiger partial charge >= 0.3 is 0 Å². The SMILES string of the molecule is Cc1c(C(N)=O)sc2nc(SC(C)C(=O)Nc3cc(Cl)ccc3O)[nH]c(=O)c12. The van der Waals surface area contributed by atoms with Gasteiger partial charge in [0.05, 0.1) is 21.2 Å². The van der Waals surface area contributed by atoms with E-state index in [1.54, 1.807) is 13.8 Å². The van der Waals surface area contributed by atoms with Crippen molar-refractivity contribution in [3.05, 3.63) is 44.0 Å². The Morgan fingerprint density at radius 1 is 1.43 bits per heavy atom. The van der Waals surface area contributed by atoms with Crippen molar-refractivity contribution < 1.29 is 14.7 Å². The molecule has 2 aromatic heterocycles. The molecule has 1 aromatic carbocycles. The number of rotatable bonds is 5. The van der Waals surface area contributed by atoms with E-state index in [4.69, 9.17) is 17.3 Å². The average Bonchev–Trinajstić information content (AvgIpc) is 2.95. The van der Waals surface area contributed by atoms with Crippen LogP contribution in [0.5, 0.6) is 5.75 Å². The second kappa shape index (κ2) is 7.82. The zero-order valence-corrected chi connectivity index (χ0v) is 17.1. The number of phenolic OH excluding ortho intramolecular Hbond substituents is 1. The van der Waals surface area contributed by atoms with Gasteiger partial charge in [0.25, 0.3) is 11.5 Å². The molecule has 2 heterocycles. The lowest BCUT2D eigenvalue weighted by Crippen LogP contribution is -2.23. The van der Waals surface area contributed by atoms with Gasteiger partial charge in [0.1, 0.15) is 10.6 Å². The molecule has 1 unspecified atom stereocenters. The van der Waals surface area contributed by atoms with E-state index in [-0.39, 0.29) is 21.5 Å². The number of H-pyrrole nitrogens is 1. The number of thioether (sulfide) groups is 1. The number of thiophene rings is 1. The van der Waals surface area contributed by atoms with Crippen LogP contribution in [0.2, 0.25) is 5.02 Å². The number of nitrogens with one attached hydrogen (secondary N) is 2. The van der Waals surface area contributed by atoms with E-state index >= 15 is 0 Å². The highest BCUT2D eigenvalue weighted by atomic mass is 35.5. The van der Waals surface area contributed by atoms with Crippen LogP contribution in [0.25, 0.3) is 10.2 Å². The number of aromatic hydroxyl groups is 1. The van der Waals surface area contributed by atoms with Crippen molar-refractivity contribution in [2.24, 2.45) is 5.73 Å².